The minimum Gasteiger partial charge on any atom is -0.469 e. The Balaban J connectivity index is 2.25. The van der Waals surface area contributed by atoms with Gasteiger partial charge in [0.15, 0.2) is 0 Å². The van der Waals surface area contributed by atoms with Gasteiger partial charge in [-0.25, -0.2) is 0 Å². The summed E-state index contributed by atoms with van der Waals surface area (Å²) in [5, 5.41) is 2.85. The number of methoxy groups -OCH3 is 1. The number of hydrogen-bond donors (Lipinski definition) is 2. The summed E-state index contributed by atoms with van der Waals surface area (Å²) in [5.41, 5.74) is 5.83. The van der Waals surface area contributed by atoms with E-state index < -0.39 is 0 Å². The molecular formula is C15H29N3O3. The molecule has 0 radical (unpaired) electrons. The van der Waals surface area contributed by atoms with Crippen LogP contribution in [0, 0.1) is 5.92 Å². The first kappa shape index (κ1) is 17.9. The Morgan fingerprint density at radius 3 is 2.81 bits per heavy atom. The van der Waals surface area contributed by atoms with Gasteiger partial charge in [-0.3, -0.25) is 14.5 Å². The van der Waals surface area contributed by atoms with Crippen LogP contribution < -0.4 is 11.1 Å². The van der Waals surface area contributed by atoms with Crippen LogP contribution in [-0.2, 0) is 14.3 Å². The predicted molar refractivity (Wildman–Crippen MR) is 81.7 cm³/mol. The Bertz CT molecular complexity index is 336. The Hall–Kier alpha value is -1.14. The summed E-state index contributed by atoms with van der Waals surface area (Å²) in [6.45, 7) is 4.66. The third kappa shape index (κ3) is 6.44. The average molecular weight is 299 g/mol. The third-order valence-corrected chi connectivity index (χ3v) is 4.25. The fourth-order valence-electron chi connectivity index (χ4n) is 2.81. The molecule has 6 nitrogen and oxygen atoms in total. The molecule has 1 aliphatic rings. The van der Waals surface area contributed by atoms with E-state index in [1.165, 1.54) is 13.5 Å². The smallest absolute Gasteiger partial charge is 0.305 e. The summed E-state index contributed by atoms with van der Waals surface area (Å²) in [4.78, 5) is 25.1. The number of nitrogens with one attached hydrogen (secondary N) is 1. The van der Waals surface area contributed by atoms with E-state index in [9.17, 15) is 9.59 Å². The molecule has 0 bridgehead atoms. The van der Waals surface area contributed by atoms with Crippen LogP contribution >= 0.6 is 0 Å². The molecule has 122 valence electrons. The van der Waals surface area contributed by atoms with Gasteiger partial charge in [0.05, 0.1) is 13.7 Å². The molecule has 1 amide bonds. The average Bonchev–Trinajstić information content (AvgIpc) is 2.51. The van der Waals surface area contributed by atoms with Gasteiger partial charge in [0, 0.05) is 25.6 Å². The molecule has 1 fully saturated rings. The summed E-state index contributed by atoms with van der Waals surface area (Å²) in [6, 6.07) is 0.310. The van der Waals surface area contributed by atoms with Crippen LogP contribution in [0.25, 0.3) is 0 Å². The lowest BCUT2D eigenvalue weighted by Crippen LogP contribution is -2.50. The molecule has 0 aromatic carbocycles. The lowest BCUT2D eigenvalue weighted by molar-refractivity contribution is -0.140. The highest BCUT2D eigenvalue weighted by molar-refractivity contribution is 5.78. The maximum atomic E-state index is 11.9. The molecule has 1 saturated heterocycles. The van der Waals surface area contributed by atoms with Gasteiger partial charge < -0.3 is 15.8 Å². The highest BCUT2D eigenvalue weighted by Crippen LogP contribution is 2.24. The zero-order chi connectivity index (χ0) is 15.7. The summed E-state index contributed by atoms with van der Waals surface area (Å²) >= 11 is 0. The molecule has 1 heterocycles. The minimum absolute atomic E-state index is 0.00765. The van der Waals surface area contributed by atoms with E-state index in [0.29, 0.717) is 38.5 Å². The second kappa shape index (κ2) is 9.73. The molecule has 21 heavy (non-hydrogen) atoms. The van der Waals surface area contributed by atoms with Crippen molar-refractivity contribution in [2.75, 3.05) is 33.3 Å². The number of piperidine rings is 1. The quantitative estimate of drug-likeness (QED) is 0.504. The van der Waals surface area contributed by atoms with Crippen LogP contribution in [0.2, 0.25) is 0 Å². The highest BCUT2D eigenvalue weighted by atomic mass is 16.5. The van der Waals surface area contributed by atoms with Crippen LogP contribution in [0.5, 0.6) is 0 Å². The number of carbonyl (C=O) groups is 2. The Kier molecular flexibility index (Phi) is 8.30. The van der Waals surface area contributed by atoms with Crippen molar-refractivity contribution in [2.45, 2.75) is 45.1 Å². The monoisotopic (exact) mass is 299 g/mol. The number of ether oxygens (including phenoxy) is 1. The number of amides is 1. The van der Waals surface area contributed by atoms with Gasteiger partial charge in [-0.2, -0.15) is 0 Å². The second-order valence-corrected chi connectivity index (χ2v) is 5.69. The molecule has 0 aliphatic carbocycles. The zero-order valence-corrected chi connectivity index (χ0v) is 13.3. The third-order valence-electron chi connectivity index (χ3n) is 4.25. The molecule has 0 spiro atoms. The van der Waals surface area contributed by atoms with Crippen molar-refractivity contribution in [3.63, 3.8) is 0 Å². The molecule has 0 aromatic rings. The van der Waals surface area contributed by atoms with Crippen LogP contribution in [0.1, 0.15) is 39.0 Å². The second-order valence-electron chi connectivity index (χ2n) is 5.69. The van der Waals surface area contributed by atoms with E-state index in [0.717, 1.165) is 25.3 Å². The molecular weight excluding hydrogens is 270 g/mol. The first-order valence-corrected chi connectivity index (χ1v) is 7.88. The van der Waals surface area contributed by atoms with Gasteiger partial charge in [0.2, 0.25) is 5.91 Å². The lowest BCUT2D eigenvalue weighted by atomic mass is 9.89. The summed E-state index contributed by atoms with van der Waals surface area (Å²) in [7, 11) is 1.37. The van der Waals surface area contributed by atoms with Crippen molar-refractivity contribution in [1.29, 1.82) is 0 Å². The molecule has 0 aromatic heterocycles. The zero-order valence-electron chi connectivity index (χ0n) is 13.3. The number of nitrogens with zero attached hydrogens (tertiary/aromatic N) is 1. The van der Waals surface area contributed by atoms with E-state index in [4.69, 9.17) is 5.73 Å². The number of hydrogen-bond acceptors (Lipinski definition) is 5. The van der Waals surface area contributed by atoms with Crippen molar-refractivity contribution in [3.8, 4) is 0 Å². The Morgan fingerprint density at radius 2 is 2.19 bits per heavy atom. The molecule has 2 unspecified atom stereocenters. The maximum absolute atomic E-state index is 11.9. The topological polar surface area (TPSA) is 84.7 Å². The Labute approximate surface area is 127 Å². The standard InChI is InChI=1S/C15H29N3O3/c1-3-12-6-8-18(13(9-12)10-16)11-14(19)17-7-4-5-15(20)21-2/h12-13H,3-11,16H2,1-2H3,(H,17,19). The van der Waals surface area contributed by atoms with Gasteiger partial charge in [-0.05, 0) is 31.7 Å². The van der Waals surface area contributed by atoms with E-state index in [1.54, 1.807) is 0 Å². The summed E-state index contributed by atoms with van der Waals surface area (Å²) in [5.74, 6) is 0.500. The van der Waals surface area contributed by atoms with Crippen molar-refractivity contribution < 1.29 is 14.3 Å². The first-order chi connectivity index (χ1) is 10.1. The number of rotatable bonds is 8. The van der Waals surface area contributed by atoms with Gasteiger partial charge in [-0.1, -0.05) is 13.3 Å². The van der Waals surface area contributed by atoms with Crippen LogP contribution in [-0.4, -0.2) is 56.1 Å². The SMILES string of the molecule is CCC1CCN(CC(=O)NCCCC(=O)OC)C(CN)C1. The predicted octanol–water partition coefficient (Wildman–Crippen LogP) is 0.505. The summed E-state index contributed by atoms with van der Waals surface area (Å²) in [6.07, 6.45) is 4.36. The van der Waals surface area contributed by atoms with Crippen LogP contribution in [0.3, 0.4) is 0 Å². The minimum atomic E-state index is -0.242. The molecule has 3 N–H and O–H groups in total. The van der Waals surface area contributed by atoms with Gasteiger partial charge in [0.1, 0.15) is 0 Å². The van der Waals surface area contributed by atoms with Gasteiger partial charge in [-0.15, -0.1) is 0 Å². The van der Waals surface area contributed by atoms with E-state index in [2.05, 4.69) is 21.9 Å². The van der Waals surface area contributed by atoms with Crippen molar-refractivity contribution in [2.24, 2.45) is 11.7 Å². The molecule has 6 heteroatoms. The van der Waals surface area contributed by atoms with Gasteiger partial charge >= 0.3 is 5.97 Å². The van der Waals surface area contributed by atoms with Crippen molar-refractivity contribution in [1.82, 2.24) is 10.2 Å². The van der Waals surface area contributed by atoms with E-state index in [-0.39, 0.29) is 11.9 Å². The molecule has 0 saturated carbocycles. The lowest BCUT2D eigenvalue weighted by Gasteiger charge is -2.38. The fourth-order valence-corrected chi connectivity index (χ4v) is 2.81. The van der Waals surface area contributed by atoms with Crippen molar-refractivity contribution >= 4 is 11.9 Å². The first-order valence-electron chi connectivity index (χ1n) is 7.88. The highest BCUT2D eigenvalue weighted by Gasteiger charge is 2.27. The van der Waals surface area contributed by atoms with Gasteiger partial charge in [0.25, 0.3) is 0 Å². The normalized spacial score (nSPS) is 22.8. The maximum Gasteiger partial charge on any atom is 0.305 e. The number of carbonyl (C=O) groups excluding carboxylic acids is 2. The molecule has 1 rings (SSSR count). The molecule has 2 atom stereocenters. The molecule has 1 aliphatic heterocycles. The van der Waals surface area contributed by atoms with Crippen molar-refractivity contribution in [3.05, 3.63) is 0 Å². The number of nitrogens with two attached hydrogens (primary N) is 1. The summed E-state index contributed by atoms with van der Waals surface area (Å²) < 4.78 is 4.55. The Morgan fingerprint density at radius 1 is 1.43 bits per heavy atom. The van der Waals surface area contributed by atoms with E-state index >= 15 is 0 Å². The largest absolute Gasteiger partial charge is 0.469 e. The van der Waals surface area contributed by atoms with E-state index in [1.807, 2.05) is 0 Å². The number of esters is 1. The van der Waals surface area contributed by atoms with Crippen LogP contribution in [0.4, 0.5) is 0 Å². The fraction of sp³-hybridized carbons (Fsp3) is 0.867. The number of likely N-dealkylation sites (tertiary alicyclic amines) is 1. The van der Waals surface area contributed by atoms with Crippen LogP contribution in [0.15, 0.2) is 0 Å².